The molecule has 0 aromatic heterocycles. The van der Waals surface area contributed by atoms with Gasteiger partial charge in [-0.25, -0.2) is 0 Å². The average molecular weight is 454 g/mol. The minimum atomic E-state index is -0.488. The van der Waals surface area contributed by atoms with Crippen LogP contribution in [0.5, 0.6) is 0 Å². The third-order valence-corrected chi connectivity index (χ3v) is 8.27. The van der Waals surface area contributed by atoms with Crippen LogP contribution in [0.15, 0.2) is 36.4 Å². The fourth-order valence-electron chi connectivity index (χ4n) is 6.30. The van der Waals surface area contributed by atoms with Crippen LogP contribution in [0, 0.1) is 26.2 Å². The highest BCUT2D eigenvalue weighted by molar-refractivity contribution is 6.81. The van der Waals surface area contributed by atoms with Crippen LogP contribution in [0.4, 0.5) is 11.4 Å². The molecule has 1 N–H and O–H groups in total. The van der Waals surface area contributed by atoms with Crippen LogP contribution in [-0.4, -0.2) is 26.6 Å². The standard InChI is InChI=1S/C29H35BN2O2/c1-7-8-15-32-25-14-10-12-21-11-9-13-24(26(21)25)31-30(32)27-19(3)18(2)22-16-29(5,28(33)34-6)17-23(22)20(27)4/h9-14,31H,7-8,15-17H2,1-6H3. The first-order chi connectivity index (χ1) is 16.3. The van der Waals surface area contributed by atoms with E-state index < -0.39 is 5.41 Å². The lowest BCUT2D eigenvalue weighted by atomic mass is 9.59. The van der Waals surface area contributed by atoms with Gasteiger partial charge in [0.25, 0.3) is 0 Å². The second-order valence-corrected chi connectivity index (χ2v) is 10.4. The maximum Gasteiger partial charge on any atom is 0.409 e. The van der Waals surface area contributed by atoms with Gasteiger partial charge in [-0.15, -0.1) is 0 Å². The maximum absolute atomic E-state index is 12.7. The van der Waals surface area contributed by atoms with E-state index in [1.54, 1.807) is 0 Å². The van der Waals surface area contributed by atoms with Crippen molar-refractivity contribution in [3.8, 4) is 0 Å². The largest absolute Gasteiger partial charge is 0.469 e. The second kappa shape index (κ2) is 8.37. The summed E-state index contributed by atoms with van der Waals surface area (Å²) >= 11 is 0. The van der Waals surface area contributed by atoms with Gasteiger partial charge in [-0.3, -0.25) is 4.79 Å². The van der Waals surface area contributed by atoms with Crippen molar-refractivity contribution < 1.29 is 9.53 Å². The summed E-state index contributed by atoms with van der Waals surface area (Å²) in [5.41, 5.74) is 10.0. The average Bonchev–Trinajstić information content (AvgIpc) is 3.21. The van der Waals surface area contributed by atoms with E-state index in [0.29, 0.717) is 0 Å². The Balaban J connectivity index is 1.68. The lowest BCUT2D eigenvalue weighted by Crippen LogP contribution is -2.58. The predicted octanol–water partition coefficient (Wildman–Crippen LogP) is 5.47. The van der Waals surface area contributed by atoms with E-state index in [0.717, 1.165) is 32.2 Å². The van der Waals surface area contributed by atoms with Crippen molar-refractivity contribution in [1.29, 1.82) is 0 Å². The van der Waals surface area contributed by atoms with Gasteiger partial charge in [-0.2, -0.15) is 0 Å². The number of esters is 1. The van der Waals surface area contributed by atoms with E-state index in [-0.39, 0.29) is 13.0 Å². The summed E-state index contributed by atoms with van der Waals surface area (Å²) in [7, 11) is 1.50. The van der Waals surface area contributed by atoms with Crippen LogP contribution >= 0.6 is 0 Å². The van der Waals surface area contributed by atoms with Crippen LogP contribution < -0.4 is 15.5 Å². The minimum absolute atomic E-state index is 0.0565. The number of carbonyl (C=O) groups is 1. The molecule has 0 amide bonds. The van der Waals surface area contributed by atoms with E-state index in [1.807, 2.05) is 0 Å². The molecule has 1 aliphatic carbocycles. The van der Waals surface area contributed by atoms with Crippen molar-refractivity contribution in [1.82, 2.24) is 0 Å². The van der Waals surface area contributed by atoms with Gasteiger partial charge >= 0.3 is 13.0 Å². The second-order valence-electron chi connectivity index (χ2n) is 10.4. The Hall–Kier alpha value is -2.95. The zero-order chi connectivity index (χ0) is 24.2. The summed E-state index contributed by atoms with van der Waals surface area (Å²) in [5.74, 6) is -0.109. The third-order valence-electron chi connectivity index (χ3n) is 8.27. The van der Waals surface area contributed by atoms with Crippen LogP contribution in [0.2, 0.25) is 0 Å². The third kappa shape index (κ3) is 3.32. The van der Waals surface area contributed by atoms with Gasteiger partial charge < -0.3 is 14.8 Å². The number of hydrogen-bond donors (Lipinski definition) is 1. The molecule has 3 aromatic rings. The lowest BCUT2D eigenvalue weighted by molar-refractivity contribution is -0.151. The molecule has 0 saturated carbocycles. The number of hydrogen-bond acceptors (Lipinski definition) is 4. The number of methoxy groups -OCH3 is 1. The Morgan fingerprint density at radius 3 is 2.41 bits per heavy atom. The molecule has 34 heavy (non-hydrogen) atoms. The number of unbranched alkanes of at least 4 members (excludes halogenated alkanes) is 1. The number of fused-ring (bicyclic) bond motifs is 1. The molecule has 0 radical (unpaired) electrons. The first-order valence-electron chi connectivity index (χ1n) is 12.6. The highest BCUT2D eigenvalue weighted by Crippen LogP contribution is 2.43. The van der Waals surface area contributed by atoms with Crippen molar-refractivity contribution in [2.75, 3.05) is 23.7 Å². The first-order valence-corrected chi connectivity index (χ1v) is 12.6. The number of nitrogens with zero attached hydrogens (tertiary/aromatic N) is 1. The lowest BCUT2D eigenvalue weighted by Gasteiger charge is -2.39. The fraction of sp³-hybridized carbons (Fsp3) is 0.414. The summed E-state index contributed by atoms with van der Waals surface area (Å²) in [6, 6.07) is 13.2. The maximum atomic E-state index is 12.7. The van der Waals surface area contributed by atoms with Gasteiger partial charge in [0.1, 0.15) is 0 Å². The molecule has 0 spiro atoms. The Bertz CT molecular complexity index is 1300. The molecule has 0 fully saturated rings. The first kappa shape index (κ1) is 22.8. The van der Waals surface area contributed by atoms with E-state index in [1.165, 1.54) is 62.5 Å². The molecule has 2 aliphatic rings. The molecule has 5 heteroatoms. The molecule has 3 aromatic carbocycles. The molecule has 4 nitrogen and oxygen atoms in total. The van der Waals surface area contributed by atoms with Gasteiger partial charge in [0, 0.05) is 23.3 Å². The van der Waals surface area contributed by atoms with Gasteiger partial charge in [0.05, 0.1) is 12.5 Å². The van der Waals surface area contributed by atoms with Gasteiger partial charge in [0.15, 0.2) is 0 Å². The van der Waals surface area contributed by atoms with E-state index in [2.05, 4.69) is 81.1 Å². The number of nitrogens with one attached hydrogen (secondary N) is 1. The van der Waals surface area contributed by atoms with Crippen LogP contribution in [0.25, 0.3) is 10.8 Å². The molecule has 1 heterocycles. The van der Waals surface area contributed by atoms with E-state index in [4.69, 9.17) is 4.74 Å². The molecule has 1 aliphatic heterocycles. The topological polar surface area (TPSA) is 41.6 Å². The van der Waals surface area contributed by atoms with Crippen LogP contribution in [-0.2, 0) is 22.4 Å². The van der Waals surface area contributed by atoms with Gasteiger partial charge in [0.2, 0.25) is 0 Å². The fourth-order valence-corrected chi connectivity index (χ4v) is 6.30. The number of ether oxygens (including phenoxy) is 1. The summed E-state index contributed by atoms with van der Waals surface area (Å²) in [4.78, 5) is 15.2. The summed E-state index contributed by atoms with van der Waals surface area (Å²) in [6.45, 7) is 12.1. The molecule has 176 valence electrons. The molecule has 0 saturated heterocycles. The summed E-state index contributed by atoms with van der Waals surface area (Å²) < 4.78 is 5.20. The molecule has 1 unspecified atom stereocenters. The minimum Gasteiger partial charge on any atom is -0.469 e. The Labute approximate surface area is 203 Å². The van der Waals surface area contributed by atoms with Crippen molar-refractivity contribution in [2.45, 2.75) is 60.3 Å². The zero-order valence-corrected chi connectivity index (χ0v) is 21.3. The molecular formula is C29H35BN2O2. The molecule has 1 atom stereocenters. The van der Waals surface area contributed by atoms with Gasteiger partial charge in [-0.1, -0.05) is 37.6 Å². The van der Waals surface area contributed by atoms with Gasteiger partial charge in [-0.05, 0) is 97.8 Å². The van der Waals surface area contributed by atoms with Crippen LogP contribution in [0.3, 0.4) is 0 Å². The summed E-state index contributed by atoms with van der Waals surface area (Å²) in [6.07, 6.45) is 3.78. The highest BCUT2D eigenvalue weighted by Gasteiger charge is 2.44. The number of anilines is 2. The number of carbonyl (C=O) groups excluding carboxylic acids is 1. The van der Waals surface area contributed by atoms with E-state index >= 15 is 0 Å². The Morgan fingerprint density at radius 2 is 1.74 bits per heavy atom. The van der Waals surface area contributed by atoms with Crippen LogP contribution in [0.1, 0.15) is 54.5 Å². The monoisotopic (exact) mass is 454 g/mol. The summed E-state index contributed by atoms with van der Waals surface area (Å²) in [5, 5.41) is 6.51. The number of rotatable bonds is 5. The zero-order valence-electron chi connectivity index (χ0n) is 21.3. The normalized spacial score (nSPS) is 18.8. The highest BCUT2D eigenvalue weighted by atomic mass is 16.5. The Morgan fingerprint density at radius 1 is 1.06 bits per heavy atom. The van der Waals surface area contributed by atoms with Crippen molar-refractivity contribution in [3.63, 3.8) is 0 Å². The van der Waals surface area contributed by atoms with Crippen molar-refractivity contribution >= 4 is 40.6 Å². The predicted molar refractivity (Wildman–Crippen MR) is 143 cm³/mol. The van der Waals surface area contributed by atoms with E-state index in [9.17, 15) is 4.79 Å². The Kier molecular flexibility index (Phi) is 5.62. The molecular weight excluding hydrogens is 419 g/mol. The SMILES string of the molecule is CCCCN1B(c2c(C)c(C)c3c(c2C)CC(C)(C(=O)OC)C3)Nc2cccc3cccc1c23. The molecule has 5 rings (SSSR count). The molecule has 0 bridgehead atoms. The van der Waals surface area contributed by atoms with Crippen molar-refractivity contribution in [2.24, 2.45) is 5.41 Å². The number of benzene rings is 3. The quantitative estimate of drug-likeness (QED) is 0.410. The smallest absolute Gasteiger partial charge is 0.409 e. The van der Waals surface area contributed by atoms with Crippen molar-refractivity contribution in [3.05, 3.63) is 64.2 Å².